The monoisotopic (exact) mass is 488 g/mol. The van der Waals surface area contributed by atoms with Crippen molar-refractivity contribution in [3.63, 3.8) is 0 Å². The predicted molar refractivity (Wildman–Crippen MR) is 125 cm³/mol. The van der Waals surface area contributed by atoms with E-state index in [-0.39, 0.29) is 24.0 Å². The third-order valence-electron chi connectivity index (χ3n) is 5.20. The molecule has 1 N–H and O–H groups in total. The minimum absolute atomic E-state index is 0. The fraction of sp³-hybridized carbons (Fsp3) is 0.667. The third-order valence-corrected chi connectivity index (χ3v) is 5.20. The number of nitrogens with zero attached hydrogens (tertiary/aromatic N) is 3. The molecule has 0 radical (unpaired) electrons. The van der Waals surface area contributed by atoms with E-state index in [0.717, 1.165) is 64.7 Å². The van der Waals surface area contributed by atoms with Crippen molar-refractivity contribution in [3.05, 3.63) is 35.4 Å². The quantitative estimate of drug-likeness (QED) is 0.344. The molecule has 1 aromatic rings. The van der Waals surface area contributed by atoms with Gasteiger partial charge in [-0.1, -0.05) is 38.1 Å². The van der Waals surface area contributed by atoms with Crippen molar-refractivity contribution in [1.29, 1.82) is 0 Å². The minimum atomic E-state index is 0. The molecule has 0 spiro atoms. The van der Waals surface area contributed by atoms with E-state index in [0.29, 0.717) is 6.10 Å². The van der Waals surface area contributed by atoms with Gasteiger partial charge in [-0.3, -0.25) is 9.89 Å². The van der Waals surface area contributed by atoms with E-state index in [1.54, 1.807) is 0 Å². The van der Waals surface area contributed by atoms with Crippen molar-refractivity contribution < 1.29 is 4.74 Å². The van der Waals surface area contributed by atoms with E-state index in [2.05, 4.69) is 65.1 Å². The zero-order valence-corrected chi connectivity index (χ0v) is 19.7. The molecule has 6 heteroatoms. The number of piperidine rings is 1. The van der Waals surface area contributed by atoms with Gasteiger partial charge in [0, 0.05) is 39.8 Å². The van der Waals surface area contributed by atoms with Crippen LogP contribution in [-0.2, 0) is 17.8 Å². The summed E-state index contributed by atoms with van der Waals surface area (Å²) in [5, 5.41) is 3.57. The van der Waals surface area contributed by atoms with E-state index in [1.807, 2.05) is 7.05 Å². The number of likely N-dealkylation sites (tertiary alicyclic amines) is 1. The maximum Gasteiger partial charge on any atom is 0.193 e. The van der Waals surface area contributed by atoms with Crippen LogP contribution in [0.3, 0.4) is 0 Å². The zero-order valence-electron chi connectivity index (χ0n) is 17.4. The van der Waals surface area contributed by atoms with Crippen LogP contribution in [0.15, 0.2) is 29.3 Å². The van der Waals surface area contributed by atoms with Crippen molar-refractivity contribution in [2.45, 2.75) is 52.8 Å². The van der Waals surface area contributed by atoms with Crippen molar-refractivity contribution in [2.75, 3.05) is 39.8 Å². The van der Waals surface area contributed by atoms with Gasteiger partial charge in [-0.15, -0.1) is 24.0 Å². The second kappa shape index (κ2) is 13.3. The molecule has 154 valence electrons. The molecule has 27 heavy (non-hydrogen) atoms. The Kier molecular flexibility index (Phi) is 11.9. The summed E-state index contributed by atoms with van der Waals surface area (Å²) < 4.78 is 5.76. The summed E-state index contributed by atoms with van der Waals surface area (Å²) >= 11 is 0. The summed E-state index contributed by atoms with van der Waals surface area (Å²) in [5.41, 5.74) is 2.75. The van der Waals surface area contributed by atoms with E-state index in [4.69, 9.17) is 4.74 Å². The summed E-state index contributed by atoms with van der Waals surface area (Å²) in [5.74, 6) is 0.998. The number of ether oxygens (including phenoxy) is 1. The largest absolute Gasteiger partial charge is 0.378 e. The maximum atomic E-state index is 5.76. The molecule has 0 atom stereocenters. The Morgan fingerprint density at radius 3 is 2.33 bits per heavy atom. The second-order valence-electron chi connectivity index (χ2n) is 6.77. The third kappa shape index (κ3) is 7.58. The number of guanidine groups is 1. The predicted octanol–water partition coefficient (Wildman–Crippen LogP) is 3.72. The Morgan fingerprint density at radius 1 is 1.15 bits per heavy atom. The molecule has 1 fully saturated rings. The molecule has 1 saturated heterocycles. The molecule has 0 amide bonds. The molecule has 0 unspecified atom stereocenters. The molecule has 2 rings (SSSR count). The molecule has 0 bridgehead atoms. The molecule has 1 aliphatic rings. The highest BCUT2D eigenvalue weighted by molar-refractivity contribution is 14.0. The van der Waals surface area contributed by atoms with Gasteiger partial charge in [0.15, 0.2) is 5.96 Å². The lowest BCUT2D eigenvalue weighted by molar-refractivity contribution is 0.0263. The van der Waals surface area contributed by atoms with Crippen LogP contribution in [0.25, 0.3) is 0 Å². The maximum absolute atomic E-state index is 5.76. The minimum Gasteiger partial charge on any atom is -0.378 e. The van der Waals surface area contributed by atoms with Crippen LogP contribution < -0.4 is 5.32 Å². The van der Waals surface area contributed by atoms with E-state index in [9.17, 15) is 0 Å². The number of aliphatic imine (C=N–C) groups is 1. The fourth-order valence-electron chi connectivity index (χ4n) is 3.55. The first-order valence-corrected chi connectivity index (χ1v) is 10.1. The van der Waals surface area contributed by atoms with Crippen molar-refractivity contribution in [3.8, 4) is 0 Å². The van der Waals surface area contributed by atoms with Gasteiger partial charge in [-0.2, -0.15) is 0 Å². The zero-order chi connectivity index (χ0) is 18.8. The van der Waals surface area contributed by atoms with E-state index in [1.165, 1.54) is 11.1 Å². The van der Waals surface area contributed by atoms with Crippen molar-refractivity contribution in [1.82, 2.24) is 15.1 Å². The van der Waals surface area contributed by atoms with Crippen LogP contribution >= 0.6 is 24.0 Å². The molecule has 0 saturated carbocycles. The number of halogens is 1. The van der Waals surface area contributed by atoms with Crippen LogP contribution in [0.2, 0.25) is 0 Å². The average Bonchev–Trinajstić information content (AvgIpc) is 2.69. The molecule has 0 aliphatic carbocycles. The first kappa shape index (κ1) is 24.2. The Balaban J connectivity index is 0.00000364. The topological polar surface area (TPSA) is 40.1 Å². The number of benzene rings is 1. The molecule has 1 heterocycles. The van der Waals surface area contributed by atoms with Crippen molar-refractivity contribution in [2.24, 2.45) is 4.99 Å². The Morgan fingerprint density at radius 2 is 1.78 bits per heavy atom. The van der Waals surface area contributed by atoms with Crippen LogP contribution in [0.1, 0.15) is 44.7 Å². The lowest BCUT2D eigenvalue weighted by Crippen LogP contribution is -2.46. The Labute approximate surface area is 182 Å². The standard InChI is InChI=1S/C21H36N4O.HI/c1-5-24(6-2)17-19-11-9-8-10-18(19)16-23-21(22-4)25-14-12-20(13-15-25)26-7-3;/h8-11,20H,5-7,12-17H2,1-4H3,(H,22,23);1H. The lowest BCUT2D eigenvalue weighted by Gasteiger charge is -2.34. The van der Waals surface area contributed by atoms with Gasteiger partial charge in [-0.25, -0.2) is 0 Å². The van der Waals surface area contributed by atoms with Gasteiger partial charge >= 0.3 is 0 Å². The van der Waals surface area contributed by atoms with Gasteiger partial charge in [0.1, 0.15) is 0 Å². The van der Waals surface area contributed by atoms with Gasteiger partial charge in [0.05, 0.1) is 6.10 Å². The number of nitrogens with one attached hydrogen (secondary N) is 1. The normalized spacial score (nSPS) is 15.7. The summed E-state index contributed by atoms with van der Waals surface area (Å²) in [7, 11) is 1.87. The molecule has 0 aromatic heterocycles. The van der Waals surface area contributed by atoms with Crippen LogP contribution in [0.5, 0.6) is 0 Å². The van der Waals surface area contributed by atoms with Crippen LogP contribution in [0.4, 0.5) is 0 Å². The summed E-state index contributed by atoms with van der Waals surface area (Å²) in [6, 6.07) is 8.72. The van der Waals surface area contributed by atoms with Gasteiger partial charge in [-0.05, 0) is 44.0 Å². The second-order valence-corrected chi connectivity index (χ2v) is 6.77. The number of rotatable bonds is 8. The first-order chi connectivity index (χ1) is 12.7. The SMILES string of the molecule is CCOC1CCN(C(=NC)NCc2ccccc2CN(CC)CC)CC1.I. The molecular formula is C21H37IN4O. The van der Waals surface area contributed by atoms with Crippen LogP contribution in [0, 0.1) is 0 Å². The molecule has 5 nitrogen and oxygen atoms in total. The Bertz CT molecular complexity index is 555. The van der Waals surface area contributed by atoms with E-state index >= 15 is 0 Å². The molecule has 1 aromatic carbocycles. The van der Waals surface area contributed by atoms with E-state index < -0.39 is 0 Å². The lowest BCUT2D eigenvalue weighted by atomic mass is 10.1. The number of hydrogen-bond donors (Lipinski definition) is 1. The first-order valence-electron chi connectivity index (χ1n) is 10.1. The average molecular weight is 488 g/mol. The highest BCUT2D eigenvalue weighted by atomic mass is 127. The number of hydrogen-bond acceptors (Lipinski definition) is 3. The van der Waals surface area contributed by atoms with Gasteiger partial charge in [0.2, 0.25) is 0 Å². The highest BCUT2D eigenvalue weighted by Gasteiger charge is 2.21. The summed E-state index contributed by atoms with van der Waals surface area (Å²) in [6.45, 7) is 13.3. The highest BCUT2D eigenvalue weighted by Crippen LogP contribution is 2.15. The molecular weight excluding hydrogens is 451 g/mol. The van der Waals surface area contributed by atoms with Gasteiger partial charge < -0.3 is 15.0 Å². The van der Waals surface area contributed by atoms with Gasteiger partial charge in [0.25, 0.3) is 0 Å². The Hall–Kier alpha value is -0.860. The molecule has 1 aliphatic heterocycles. The summed E-state index contributed by atoms with van der Waals surface area (Å²) in [4.78, 5) is 9.30. The fourth-order valence-corrected chi connectivity index (χ4v) is 3.55. The summed E-state index contributed by atoms with van der Waals surface area (Å²) in [6.07, 6.45) is 2.56. The van der Waals surface area contributed by atoms with Crippen LogP contribution in [-0.4, -0.2) is 61.7 Å². The smallest absolute Gasteiger partial charge is 0.193 e. The van der Waals surface area contributed by atoms with Crippen molar-refractivity contribution >= 4 is 29.9 Å².